The summed E-state index contributed by atoms with van der Waals surface area (Å²) in [5, 5.41) is 3.55. The Hall–Kier alpha value is -2.71. The van der Waals surface area contributed by atoms with Crippen LogP contribution in [0.2, 0.25) is 0 Å². The predicted octanol–water partition coefficient (Wildman–Crippen LogP) is 2.83. The first kappa shape index (κ1) is 21.0. The van der Waals surface area contributed by atoms with Gasteiger partial charge < -0.3 is 15.0 Å². The fourth-order valence-electron chi connectivity index (χ4n) is 3.30. The van der Waals surface area contributed by atoms with E-state index in [1.807, 2.05) is 52.2 Å². The molecule has 8 heteroatoms. The number of aromatic nitrogens is 2. The molecule has 0 spiro atoms. The summed E-state index contributed by atoms with van der Waals surface area (Å²) in [4.78, 5) is 33.0. The molecule has 0 aliphatic rings. The summed E-state index contributed by atoms with van der Waals surface area (Å²) in [6.07, 6.45) is 1.54. The molecule has 0 aliphatic heterocycles. The van der Waals surface area contributed by atoms with Crippen LogP contribution in [0.4, 0.5) is 0 Å². The highest BCUT2D eigenvalue weighted by Gasteiger charge is 2.21. The van der Waals surface area contributed by atoms with Crippen LogP contribution in [0.25, 0.3) is 10.2 Å². The van der Waals surface area contributed by atoms with Gasteiger partial charge in [-0.15, -0.1) is 11.3 Å². The van der Waals surface area contributed by atoms with Crippen LogP contribution in [0.3, 0.4) is 0 Å². The van der Waals surface area contributed by atoms with E-state index in [1.54, 1.807) is 11.7 Å². The smallest absolute Gasteiger partial charge is 0.262 e. The first-order valence-corrected chi connectivity index (χ1v) is 10.3. The van der Waals surface area contributed by atoms with Crippen molar-refractivity contribution in [2.45, 2.75) is 26.4 Å². The highest BCUT2D eigenvalue weighted by Crippen LogP contribution is 2.27. The monoisotopic (exact) mass is 414 g/mol. The minimum atomic E-state index is -0.187. The van der Waals surface area contributed by atoms with E-state index in [0.717, 1.165) is 11.3 Å². The molecule has 0 saturated carbocycles. The van der Waals surface area contributed by atoms with Gasteiger partial charge in [-0.25, -0.2) is 4.98 Å². The molecule has 0 radical (unpaired) electrons. The topological polar surface area (TPSA) is 76.5 Å². The predicted molar refractivity (Wildman–Crippen MR) is 116 cm³/mol. The van der Waals surface area contributed by atoms with Crippen molar-refractivity contribution in [3.63, 3.8) is 0 Å². The third-order valence-corrected chi connectivity index (χ3v) is 6.24. The van der Waals surface area contributed by atoms with Gasteiger partial charge >= 0.3 is 0 Å². The van der Waals surface area contributed by atoms with Crippen LogP contribution in [-0.2, 0) is 6.54 Å². The average molecular weight is 415 g/mol. The molecular formula is C21H26N4O3S. The summed E-state index contributed by atoms with van der Waals surface area (Å²) < 4.78 is 6.77. The molecule has 2 aromatic heterocycles. The Labute approximate surface area is 173 Å². The maximum atomic E-state index is 12.9. The zero-order valence-electron chi connectivity index (χ0n) is 17.4. The molecule has 1 amide bonds. The summed E-state index contributed by atoms with van der Waals surface area (Å²) in [6, 6.07) is 7.83. The fraction of sp³-hybridized carbons (Fsp3) is 0.381. The summed E-state index contributed by atoms with van der Waals surface area (Å²) >= 11 is 1.26. The SMILES string of the molecule is CCn1cnc2sc(C(=O)NCC(c3ccc(OC)cc3)N(C)C)c(C)c2c1=O. The number of hydrogen-bond donors (Lipinski definition) is 1. The molecule has 0 aliphatic carbocycles. The van der Waals surface area contributed by atoms with Crippen molar-refractivity contribution in [2.24, 2.45) is 0 Å². The van der Waals surface area contributed by atoms with Gasteiger partial charge in [0, 0.05) is 13.1 Å². The quantitative estimate of drug-likeness (QED) is 0.643. The maximum Gasteiger partial charge on any atom is 0.262 e. The lowest BCUT2D eigenvalue weighted by molar-refractivity contribution is 0.0945. The molecule has 1 N–H and O–H groups in total. The number of likely N-dealkylation sites (N-methyl/N-ethyl adjacent to an activating group) is 1. The van der Waals surface area contributed by atoms with Crippen LogP contribution >= 0.6 is 11.3 Å². The number of nitrogens with zero attached hydrogens (tertiary/aromatic N) is 3. The van der Waals surface area contributed by atoms with Crippen molar-refractivity contribution < 1.29 is 9.53 Å². The van der Waals surface area contributed by atoms with E-state index in [4.69, 9.17) is 4.74 Å². The van der Waals surface area contributed by atoms with Crippen LogP contribution in [0.1, 0.15) is 33.8 Å². The van der Waals surface area contributed by atoms with E-state index in [9.17, 15) is 9.59 Å². The molecule has 1 unspecified atom stereocenters. The first-order valence-electron chi connectivity index (χ1n) is 9.44. The molecule has 29 heavy (non-hydrogen) atoms. The summed E-state index contributed by atoms with van der Waals surface area (Å²) in [6.45, 7) is 4.69. The Bertz CT molecular complexity index is 1070. The second-order valence-corrected chi connectivity index (χ2v) is 8.03. The molecule has 3 rings (SSSR count). The van der Waals surface area contributed by atoms with Crippen LogP contribution in [0, 0.1) is 6.92 Å². The molecule has 7 nitrogen and oxygen atoms in total. The summed E-state index contributed by atoms with van der Waals surface area (Å²) in [5.41, 5.74) is 1.67. The van der Waals surface area contributed by atoms with Gasteiger partial charge in [-0.1, -0.05) is 12.1 Å². The van der Waals surface area contributed by atoms with Gasteiger partial charge in [0.2, 0.25) is 0 Å². The number of thiophene rings is 1. The third-order valence-electron chi connectivity index (χ3n) is 5.04. The van der Waals surface area contributed by atoms with Gasteiger partial charge in [0.25, 0.3) is 11.5 Å². The van der Waals surface area contributed by atoms with Crippen LogP contribution in [0.5, 0.6) is 5.75 Å². The molecule has 0 bridgehead atoms. The van der Waals surface area contributed by atoms with Gasteiger partial charge in [0.05, 0.1) is 29.7 Å². The number of aryl methyl sites for hydroxylation is 2. The highest BCUT2D eigenvalue weighted by molar-refractivity contribution is 7.20. The standard InChI is InChI=1S/C21H26N4O3S/c1-6-25-12-23-20-17(21(25)27)13(2)18(29-20)19(26)22-11-16(24(3)4)14-7-9-15(28-5)10-8-14/h7-10,12,16H,6,11H2,1-5H3,(H,22,26). The number of amides is 1. The second kappa shape index (κ2) is 8.75. The fourth-order valence-corrected chi connectivity index (χ4v) is 4.35. The van der Waals surface area contributed by atoms with Gasteiger partial charge in [-0.3, -0.25) is 14.2 Å². The first-order chi connectivity index (χ1) is 13.9. The largest absolute Gasteiger partial charge is 0.497 e. The Morgan fingerprint density at radius 3 is 2.59 bits per heavy atom. The molecule has 0 fully saturated rings. The lowest BCUT2D eigenvalue weighted by Crippen LogP contribution is -2.34. The number of nitrogens with one attached hydrogen (secondary N) is 1. The van der Waals surface area contributed by atoms with Crippen molar-refractivity contribution in [1.29, 1.82) is 0 Å². The van der Waals surface area contributed by atoms with Crippen LogP contribution < -0.4 is 15.6 Å². The summed E-state index contributed by atoms with van der Waals surface area (Å²) in [7, 11) is 5.59. The number of methoxy groups -OCH3 is 1. The Morgan fingerprint density at radius 1 is 1.31 bits per heavy atom. The number of fused-ring (bicyclic) bond motifs is 1. The maximum absolute atomic E-state index is 12.9. The van der Waals surface area contributed by atoms with E-state index in [2.05, 4.69) is 15.2 Å². The molecule has 1 aromatic carbocycles. The molecule has 154 valence electrons. The minimum Gasteiger partial charge on any atom is -0.497 e. The number of hydrogen-bond acceptors (Lipinski definition) is 6. The zero-order valence-corrected chi connectivity index (χ0v) is 18.2. The Morgan fingerprint density at radius 2 is 2.00 bits per heavy atom. The van der Waals surface area contributed by atoms with E-state index in [0.29, 0.717) is 33.7 Å². The van der Waals surface area contributed by atoms with Gasteiger partial charge in [-0.05, 0) is 51.2 Å². The van der Waals surface area contributed by atoms with E-state index in [-0.39, 0.29) is 17.5 Å². The van der Waals surface area contributed by atoms with Crippen LogP contribution in [0.15, 0.2) is 35.4 Å². The number of ether oxygens (including phenoxy) is 1. The number of carbonyl (C=O) groups is 1. The molecule has 0 saturated heterocycles. The number of benzene rings is 1. The number of carbonyl (C=O) groups excluding carboxylic acids is 1. The zero-order chi connectivity index (χ0) is 21.1. The van der Waals surface area contributed by atoms with Gasteiger partial charge in [-0.2, -0.15) is 0 Å². The Kier molecular flexibility index (Phi) is 6.34. The lowest BCUT2D eigenvalue weighted by atomic mass is 10.1. The van der Waals surface area contributed by atoms with Crippen molar-refractivity contribution in [3.8, 4) is 5.75 Å². The molecule has 1 atom stereocenters. The average Bonchev–Trinajstić information content (AvgIpc) is 3.06. The minimum absolute atomic E-state index is 0.00925. The van der Waals surface area contributed by atoms with Gasteiger partial charge in [0.1, 0.15) is 10.6 Å². The third kappa shape index (κ3) is 4.18. The van der Waals surface area contributed by atoms with Crippen LogP contribution in [-0.4, -0.2) is 48.1 Å². The second-order valence-electron chi connectivity index (χ2n) is 7.03. The summed E-state index contributed by atoms with van der Waals surface area (Å²) in [5.74, 6) is 0.606. The van der Waals surface area contributed by atoms with Crippen molar-refractivity contribution in [3.05, 3.63) is 57.0 Å². The number of rotatable bonds is 7. The van der Waals surface area contributed by atoms with Gasteiger partial charge in [0.15, 0.2) is 0 Å². The highest BCUT2D eigenvalue weighted by atomic mass is 32.1. The van der Waals surface area contributed by atoms with E-state index in [1.165, 1.54) is 17.7 Å². The van der Waals surface area contributed by atoms with Crippen molar-refractivity contribution in [2.75, 3.05) is 27.7 Å². The van der Waals surface area contributed by atoms with Crippen molar-refractivity contribution >= 4 is 27.5 Å². The molecule has 3 aromatic rings. The normalized spacial score (nSPS) is 12.3. The molecule has 2 heterocycles. The van der Waals surface area contributed by atoms with Crippen molar-refractivity contribution in [1.82, 2.24) is 19.8 Å². The van der Waals surface area contributed by atoms with E-state index < -0.39 is 0 Å². The molecular weight excluding hydrogens is 388 g/mol. The lowest BCUT2D eigenvalue weighted by Gasteiger charge is -2.25. The Balaban J connectivity index is 1.82. The van der Waals surface area contributed by atoms with E-state index >= 15 is 0 Å².